The third-order valence-electron chi connectivity index (χ3n) is 5.06. The number of nitrogens with zero attached hydrogens (tertiary/aromatic N) is 1. The molecule has 1 unspecified atom stereocenters. The molecule has 0 amide bonds. The lowest BCUT2D eigenvalue weighted by Gasteiger charge is -2.36. The fourth-order valence-corrected chi connectivity index (χ4v) is 4.00. The molecule has 1 aromatic carbocycles. The maximum atomic E-state index is 11.8. The molecule has 1 spiro atoms. The van der Waals surface area contributed by atoms with Gasteiger partial charge in [0.05, 0.1) is 18.3 Å². The van der Waals surface area contributed by atoms with Crippen LogP contribution in [0.4, 0.5) is 0 Å². The first-order valence-corrected chi connectivity index (χ1v) is 8.48. The molecular formula is C18H19ClN2O3. The number of hydrogen-bond acceptors (Lipinski definition) is 5. The summed E-state index contributed by atoms with van der Waals surface area (Å²) in [5.41, 5.74) is 2.60. The molecule has 3 heterocycles. The van der Waals surface area contributed by atoms with E-state index in [1.807, 2.05) is 25.1 Å². The van der Waals surface area contributed by atoms with E-state index >= 15 is 0 Å². The number of aromatic nitrogens is 1. The van der Waals surface area contributed by atoms with Crippen molar-refractivity contribution in [3.63, 3.8) is 0 Å². The van der Waals surface area contributed by atoms with Crippen LogP contribution in [0.15, 0.2) is 18.2 Å². The van der Waals surface area contributed by atoms with Gasteiger partial charge in [0.2, 0.25) is 0 Å². The van der Waals surface area contributed by atoms with Crippen LogP contribution >= 0.6 is 11.6 Å². The summed E-state index contributed by atoms with van der Waals surface area (Å²) in [6, 6.07) is 5.45. The van der Waals surface area contributed by atoms with Gasteiger partial charge in [-0.15, -0.1) is 0 Å². The molecule has 2 aromatic rings. The van der Waals surface area contributed by atoms with Crippen LogP contribution in [0.2, 0.25) is 5.02 Å². The van der Waals surface area contributed by atoms with Crippen LogP contribution in [-0.4, -0.2) is 36.3 Å². The lowest BCUT2D eigenvalue weighted by Crippen LogP contribution is -2.42. The zero-order chi connectivity index (χ0) is 16.9. The minimum atomic E-state index is -0.370. The van der Waals surface area contributed by atoms with Crippen molar-refractivity contribution < 1.29 is 14.3 Å². The van der Waals surface area contributed by atoms with Gasteiger partial charge < -0.3 is 14.8 Å². The minimum Gasteiger partial charge on any atom is -0.484 e. The highest BCUT2D eigenvalue weighted by Crippen LogP contribution is 2.42. The fourth-order valence-electron chi connectivity index (χ4n) is 3.83. The number of halogens is 1. The normalized spacial score (nSPS) is 25.5. The summed E-state index contributed by atoms with van der Waals surface area (Å²) >= 11 is 6.16. The topological polar surface area (TPSA) is 60.5 Å². The Morgan fingerprint density at radius 3 is 3.12 bits per heavy atom. The SMILES string of the molecule is COC(=O)[C@@H]1CC2(CCc3c(c(C)nc4ccc(Cl)cc34)O2)CN1. The quantitative estimate of drug-likeness (QED) is 0.805. The Bertz CT molecular complexity index is 839. The van der Waals surface area contributed by atoms with Gasteiger partial charge in [-0.25, -0.2) is 4.98 Å². The van der Waals surface area contributed by atoms with Gasteiger partial charge in [-0.2, -0.15) is 0 Å². The molecule has 0 saturated carbocycles. The fraction of sp³-hybridized carbons (Fsp3) is 0.444. The molecule has 2 atom stereocenters. The third kappa shape index (κ3) is 2.43. The lowest BCUT2D eigenvalue weighted by atomic mass is 9.87. The zero-order valence-corrected chi connectivity index (χ0v) is 14.4. The summed E-state index contributed by atoms with van der Waals surface area (Å²) in [4.78, 5) is 16.5. The summed E-state index contributed by atoms with van der Waals surface area (Å²) in [6.07, 6.45) is 2.35. The van der Waals surface area contributed by atoms with Crippen LogP contribution in [0.25, 0.3) is 10.9 Å². The Kier molecular flexibility index (Phi) is 3.66. The summed E-state index contributed by atoms with van der Waals surface area (Å²) in [5, 5.41) is 4.97. The Labute approximate surface area is 145 Å². The smallest absolute Gasteiger partial charge is 0.323 e. The van der Waals surface area contributed by atoms with Crippen molar-refractivity contribution in [2.45, 2.75) is 37.8 Å². The molecular weight excluding hydrogens is 328 g/mol. The number of rotatable bonds is 1. The number of nitrogens with one attached hydrogen (secondary N) is 1. The van der Waals surface area contributed by atoms with Gasteiger partial charge in [0, 0.05) is 28.9 Å². The Balaban J connectivity index is 1.72. The monoisotopic (exact) mass is 346 g/mol. The molecule has 24 heavy (non-hydrogen) atoms. The predicted molar refractivity (Wildman–Crippen MR) is 91.6 cm³/mol. The van der Waals surface area contributed by atoms with Crippen LogP contribution in [0.5, 0.6) is 5.75 Å². The number of benzene rings is 1. The number of hydrogen-bond donors (Lipinski definition) is 1. The predicted octanol–water partition coefficient (Wildman–Crippen LogP) is 2.80. The maximum absolute atomic E-state index is 11.8. The zero-order valence-electron chi connectivity index (χ0n) is 13.7. The highest BCUT2D eigenvalue weighted by atomic mass is 35.5. The standard InChI is InChI=1S/C18H19ClN2O3/c1-10-16-12(13-7-11(19)3-4-14(13)21-10)5-6-18(24-16)8-15(20-9-18)17(22)23-2/h3-4,7,15,20H,5-6,8-9H2,1-2H3/t15-,18?/m0/s1. The molecule has 6 heteroatoms. The summed E-state index contributed by atoms with van der Waals surface area (Å²) < 4.78 is 11.3. The van der Waals surface area contributed by atoms with E-state index in [0.29, 0.717) is 18.0 Å². The number of aryl methyl sites for hydroxylation is 2. The van der Waals surface area contributed by atoms with E-state index in [9.17, 15) is 4.79 Å². The van der Waals surface area contributed by atoms with Crippen molar-refractivity contribution in [1.82, 2.24) is 10.3 Å². The number of carbonyl (C=O) groups excluding carboxylic acids is 1. The molecule has 2 aliphatic rings. The second-order valence-electron chi connectivity index (χ2n) is 6.61. The van der Waals surface area contributed by atoms with Crippen molar-refractivity contribution in [2.24, 2.45) is 0 Å². The molecule has 5 nitrogen and oxygen atoms in total. The average molecular weight is 347 g/mol. The number of ether oxygens (including phenoxy) is 2. The molecule has 1 aromatic heterocycles. The first-order valence-electron chi connectivity index (χ1n) is 8.10. The van der Waals surface area contributed by atoms with Gasteiger partial charge >= 0.3 is 5.97 Å². The average Bonchev–Trinajstić information content (AvgIpc) is 2.99. The molecule has 126 valence electrons. The van der Waals surface area contributed by atoms with Crippen LogP contribution in [0, 0.1) is 6.92 Å². The van der Waals surface area contributed by atoms with Crippen molar-refractivity contribution >= 4 is 28.5 Å². The van der Waals surface area contributed by atoms with Crippen molar-refractivity contribution in [2.75, 3.05) is 13.7 Å². The number of carbonyl (C=O) groups is 1. The molecule has 4 rings (SSSR count). The van der Waals surface area contributed by atoms with Gasteiger partial charge in [-0.1, -0.05) is 11.6 Å². The maximum Gasteiger partial charge on any atom is 0.323 e. The van der Waals surface area contributed by atoms with Crippen LogP contribution in [-0.2, 0) is 16.0 Å². The van der Waals surface area contributed by atoms with Gasteiger partial charge in [0.1, 0.15) is 17.4 Å². The molecule has 0 bridgehead atoms. The molecule has 1 saturated heterocycles. The second-order valence-corrected chi connectivity index (χ2v) is 7.05. The van der Waals surface area contributed by atoms with E-state index in [0.717, 1.165) is 40.8 Å². The molecule has 1 fully saturated rings. The molecule has 0 radical (unpaired) electrons. The third-order valence-corrected chi connectivity index (χ3v) is 5.29. The summed E-state index contributed by atoms with van der Waals surface area (Å²) in [6.45, 7) is 2.60. The molecule has 2 aliphatic heterocycles. The van der Waals surface area contributed by atoms with E-state index in [1.54, 1.807) is 0 Å². The first kappa shape index (κ1) is 15.7. The van der Waals surface area contributed by atoms with Gasteiger partial charge in [0.15, 0.2) is 0 Å². The van der Waals surface area contributed by atoms with E-state index in [-0.39, 0.29) is 17.6 Å². The number of fused-ring (bicyclic) bond motifs is 3. The van der Waals surface area contributed by atoms with Gasteiger partial charge in [-0.05, 0) is 38.0 Å². The first-order chi connectivity index (χ1) is 11.5. The Hall–Kier alpha value is -1.85. The Morgan fingerprint density at radius 2 is 2.33 bits per heavy atom. The van der Waals surface area contributed by atoms with E-state index in [2.05, 4.69) is 10.3 Å². The van der Waals surface area contributed by atoms with Crippen molar-refractivity contribution in [3.05, 3.63) is 34.5 Å². The number of methoxy groups -OCH3 is 1. The Morgan fingerprint density at radius 1 is 1.50 bits per heavy atom. The largest absolute Gasteiger partial charge is 0.484 e. The van der Waals surface area contributed by atoms with E-state index in [4.69, 9.17) is 21.1 Å². The second kappa shape index (κ2) is 5.60. The number of pyridine rings is 1. The molecule has 1 N–H and O–H groups in total. The van der Waals surface area contributed by atoms with Crippen molar-refractivity contribution in [1.29, 1.82) is 0 Å². The van der Waals surface area contributed by atoms with Crippen molar-refractivity contribution in [3.8, 4) is 5.75 Å². The highest BCUT2D eigenvalue weighted by Gasteiger charge is 2.46. The van der Waals surface area contributed by atoms with Crippen LogP contribution in [0.1, 0.15) is 24.1 Å². The van der Waals surface area contributed by atoms with Crippen LogP contribution < -0.4 is 10.1 Å². The lowest BCUT2D eigenvalue weighted by molar-refractivity contribution is -0.143. The number of esters is 1. The molecule has 0 aliphatic carbocycles. The summed E-state index contributed by atoms with van der Waals surface area (Å²) in [5.74, 6) is 0.602. The highest BCUT2D eigenvalue weighted by molar-refractivity contribution is 6.31. The van der Waals surface area contributed by atoms with E-state index in [1.165, 1.54) is 7.11 Å². The summed E-state index contributed by atoms with van der Waals surface area (Å²) in [7, 11) is 1.41. The minimum absolute atomic E-state index is 0.235. The van der Waals surface area contributed by atoms with Crippen LogP contribution in [0.3, 0.4) is 0 Å². The van der Waals surface area contributed by atoms with Gasteiger partial charge in [0.25, 0.3) is 0 Å². The van der Waals surface area contributed by atoms with Gasteiger partial charge in [-0.3, -0.25) is 4.79 Å². The van der Waals surface area contributed by atoms with E-state index < -0.39 is 0 Å².